The minimum absolute atomic E-state index is 0.00693. The summed E-state index contributed by atoms with van der Waals surface area (Å²) in [4.78, 5) is 23.1. The van der Waals surface area contributed by atoms with Gasteiger partial charge in [0.15, 0.2) is 6.10 Å². The van der Waals surface area contributed by atoms with Crippen molar-refractivity contribution in [2.24, 2.45) is 0 Å². The van der Waals surface area contributed by atoms with Gasteiger partial charge in [0.2, 0.25) is 0 Å². The van der Waals surface area contributed by atoms with Crippen LogP contribution in [0.5, 0.6) is 0 Å². The van der Waals surface area contributed by atoms with Crippen molar-refractivity contribution < 1.29 is 28.7 Å². The Balaban J connectivity index is 1.59. The molecule has 3 aromatic rings. The number of rotatable bonds is 8. The van der Waals surface area contributed by atoms with Crippen molar-refractivity contribution in [3.63, 3.8) is 0 Å². The van der Waals surface area contributed by atoms with Crippen molar-refractivity contribution in [1.82, 2.24) is 0 Å². The van der Waals surface area contributed by atoms with Gasteiger partial charge in [0.25, 0.3) is 14.0 Å². The van der Waals surface area contributed by atoms with Gasteiger partial charge in [-0.15, -0.1) is 0 Å². The van der Waals surface area contributed by atoms with E-state index in [0.717, 1.165) is 10.4 Å². The zero-order valence-electron chi connectivity index (χ0n) is 21.1. The Kier molecular flexibility index (Phi) is 7.89. The maximum Gasteiger partial charge on any atom is 0.338 e. The number of non-ortho nitro benzene ring substituents is 1. The van der Waals surface area contributed by atoms with Crippen LogP contribution in [0.1, 0.15) is 31.1 Å². The van der Waals surface area contributed by atoms with Crippen LogP contribution in [0, 0.1) is 10.1 Å². The van der Waals surface area contributed by atoms with Crippen LogP contribution in [0.3, 0.4) is 0 Å². The van der Waals surface area contributed by atoms with E-state index in [0.29, 0.717) is 0 Å². The van der Waals surface area contributed by atoms with Gasteiger partial charge in [-0.05, 0) is 27.5 Å². The highest BCUT2D eigenvalue weighted by Crippen LogP contribution is 2.37. The molecule has 1 heterocycles. The van der Waals surface area contributed by atoms with Crippen molar-refractivity contribution in [2.45, 2.75) is 44.1 Å². The first-order valence-corrected chi connectivity index (χ1v) is 14.0. The van der Waals surface area contributed by atoms with Gasteiger partial charge in [0, 0.05) is 12.1 Å². The predicted molar refractivity (Wildman–Crippen MR) is 142 cm³/mol. The van der Waals surface area contributed by atoms with E-state index in [4.69, 9.17) is 13.9 Å². The van der Waals surface area contributed by atoms with Gasteiger partial charge in [-0.3, -0.25) is 10.1 Å². The van der Waals surface area contributed by atoms with Crippen LogP contribution in [0.2, 0.25) is 5.04 Å². The third-order valence-electron chi connectivity index (χ3n) is 6.66. The summed E-state index contributed by atoms with van der Waals surface area (Å²) >= 11 is 0. The third kappa shape index (κ3) is 5.50. The van der Waals surface area contributed by atoms with Crippen LogP contribution in [0.25, 0.3) is 0 Å². The molecule has 0 aromatic heterocycles. The average Bonchev–Trinajstić information content (AvgIpc) is 3.23. The van der Waals surface area contributed by atoms with E-state index in [2.05, 4.69) is 45.0 Å². The summed E-state index contributed by atoms with van der Waals surface area (Å²) in [7, 11) is -2.86. The SMILES string of the molecule is CC(C)(C)[Si](OC[C@H]1OC[C@@H](O)[C@@H]1OC(=O)c1ccc([N+](=O)[O-])cc1)(c1ccccc1)c1ccccc1. The minimum Gasteiger partial charge on any atom is -0.453 e. The largest absolute Gasteiger partial charge is 0.453 e. The third-order valence-corrected chi connectivity index (χ3v) is 11.7. The first kappa shape index (κ1) is 26.7. The summed E-state index contributed by atoms with van der Waals surface area (Å²) in [6, 6.07) is 25.4. The van der Waals surface area contributed by atoms with Crippen LogP contribution in [-0.2, 0) is 13.9 Å². The smallest absolute Gasteiger partial charge is 0.338 e. The molecule has 0 bridgehead atoms. The molecule has 194 valence electrons. The fourth-order valence-corrected chi connectivity index (χ4v) is 9.41. The number of carbonyl (C=O) groups excluding carboxylic acids is 1. The molecule has 1 saturated heterocycles. The molecule has 1 N–H and O–H groups in total. The second-order valence-electron chi connectivity index (χ2n) is 10.1. The van der Waals surface area contributed by atoms with Gasteiger partial charge in [-0.2, -0.15) is 0 Å². The van der Waals surface area contributed by atoms with Gasteiger partial charge in [-0.1, -0.05) is 81.4 Å². The Morgan fingerprint density at radius 3 is 2.03 bits per heavy atom. The number of nitro groups is 1. The van der Waals surface area contributed by atoms with Crippen LogP contribution in [0.4, 0.5) is 5.69 Å². The second kappa shape index (κ2) is 10.9. The zero-order chi connectivity index (χ0) is 26.6. The van der Waals surface area contributed by atoms with Crippen LogP contribution < -0.4 is 10.4 Å². The molecule has 3 aromatic carbocycles. The molecule has 0 spiro atoms. The van der Waals surface area contributed by atoms with E-state index in [-0.39, 0.29) is 29.5 Å². The molecule has 0 unspecified atom stereocenters. The number of benzene rings is 3. The van der Waals surface area contributed by atoms with Crippen molar-refractivity contribution in [3.05, 3.63) is 101 Å². The summed E-state index contributed by atoms with van der Waals surface area (Å²) in [5, 5.41) is 23.4. The molecule has 4 rings (SSSR count). The van der Waals surface area contributed by atoms with Crippen molar-refractivity contribution in [3.8, 4) is 0 Å². The zero-order valence-corrected chi connectivity index (χ0v) is 22.1. The Morgan fingerprint density at radius 1 is 1.00 bits per heavy atom. The molecule has 9 heteroatoms. The number of carbonyl (C=O) groups is 1. The number of hydrogen-bond donors (Lipinski definition) is 1. The van der Waals surface area contributed by atoms with E-state index in [1.807, 2.05) is 36.4 Å². The molecule has 1 fully saturated rings. The standard InChI is InChI=1S/C28H31NO7Si/c1-28(2,3)37(22-10-6-4-7-11-22,23-12-8-5-9-13-23)35-19-25-26(24(30)18-34-25)36-27(31)20-14-16-21(17-15-20)29(32)33/h4-17,24-26,30H,18-19H2,1-3H3/t24-,25-,26+/m1/s1. The maximum absolute atomic E-state index is 12.8. The molecule has 0 radical (unpaired) electrons. The quantitative estimate of drug-likeness (QED) is 0.209. The first-order chi connectivity index (χ1) is 17.6. The van der Waals surface area contributed by atoms with Gasteiger partial charge < -0.3 is 19.0 Å². The lowest BCUT2D eigenvalue weighted by molar-refractivity contribution is -0.384. The molecule has 1 aliphatic heterocycles. The van der Waals surface area contributed by atoms with Crippen molar-refractivity contribution in [2.75, 3.05) is 13.2 Å². The molecule has 0 amide bonds. The predicted octanol–water partition coefficient (Wildman–Crippen LogP) is 3.46. The topological polar surface area (TPSA) is 108 Å². The normalized spacial score (nSPS) is 19.9. The number of nitrogens with zero attached hydrogens (tertiary/aromatic N) is 1. The van der Waals surface area contributed by atoms with E-state index in [9.17, 15) is 20.0 Å². The molecule has 8 nitrogen and oxygen atoms in total. The fourth-order valence-electron chi connectivity index (χ4n) is 4.84. The number of aliphatic hydroxyl groups is 1. The van der Waals surface area contributed by atoms with E-state index in [1.54, 1.807) is 0 Å². The number of ether oxygens (including phenoxy) is 2. The maximum atomic E-state index is 12.8. The lowest BCUT2D eigenvalue weighted by Crippen LogP contribution is -2.67. The minimum atomic E-state index is -2.86. The highest BCUT2D eigenvalue weighted by Gasteiger charge is 2.51. The highest BCUT2D eigenvalue weighted by molar-refractivity contribution is 6.99. The van der Waals surface area contributed by atoms with Gasteiger partial charge >= 0.3 is 5.97 Å². The van der Waals surface area contributed by atoms with Gasteiger partial charge in [0.1, 0.15) is 12.2 Å². The van der Waals surface area contributed by atoms with Crippen LogP contribution in [-0.4, -0.2) is 55.8 Å². The van der Waals surface area contributed by atoms with Gasteiger partial charge in [-0.25, -0.2) is 4.79 Å². The Morgan fingerprint density at radius 2 is 1.54 bits per heavy atom. The lowest BCUT2D eigenvalue weighted by atomic mass is 10.1. The summed E-state index contributed by atoms with van der Waals surface area (Å²) in [6.45, 7) is 6.61. The summed E-state index contributed by atoms with van der Waals surface area (Å²) in [5.74, 6) is -0.695. The fraction of sp³-hybridized carbons (Fsp3) is 0.321. The number of hydrogen-bond acceptors (Lipinski definition) is 7. The van der Waals surface area contributed by atoms with Gasteiger partial charge in [0.05, 0.1) is 23.7 Å². The Labute approximate surface area is 217 Å². The Bertz CT molecular complexity index is 1170. The van der Waals surface area contributed by atoms with Crippen molar-refractivity contribution in [1.29, 1.82) is 0 Å². The molecular formula is C28H31NO7Si. The van der Waals surface area contributed by atoms with Crippen LogP contribution in [0.15, 0.2) is 84.9 Å². The lowest BCUT2D eigenvalue weighted by Gasteiger charge is -2.43. The molecular weight excluding hydrogens is 490 g/mol. The highest BCUT2D eigenvalue weighted by atomic mass is 28.4. The first-order valence-electron chi connectivity index (χ1n) is 12.1. The van der Waals surface area contributed by atoms with E-state index >= 15 is 0 Å². The number of nitro benzene ring substituents is 1. The number of aliphatic hydroxyl groups excluding tert-OH is 1. The number of esters is 1. The van der Waals surface area contributed by atoms with Crippen molar-refractivity contribution >= 4 is 30.3 Å². The molecule has 0 saturated carbocycles. The Hall–Kier alpha value is -3.37. The monoisotopic (exact) mass is 521 g/mol. The molecule has 3 atom stereocenters. The molecule has 37 heavy (non-hydrogen) atoms. The molecule has 1 aliphatic rings. The second-order valence-corrected chi connectivity index (χ2v) is 14.4. The van der Waals surface area contributed by atoms with Crippen LogP contribution >= 0.6 is 0 Å². The van der Waals surface area contributed by atoms with E-state index < -0.39 is 37.5 Å². The summed E-state index contributed by atoms with van der Waals surface area (Å²) in [5.41, 5.74) is 0.0220. The summed E-state index contributed by atoms with van der Waals surface area (Å²) < 4.78 is 18.4. The molecule has 0 aliphatic carbocycles. The van der Waals surface area contributed by atoms with E-state index in [1.165, 1.54) is 24.3 Å². The average molecular weight is 522 g/mol. The summed E-state index contributed by atoms with van der Waals surface area (Å²) in [6.07, 6.45) is -2.64.